The minimum absolute atomic E-state index is 0.0119. The first-order valence-corrected chi connectivity index (χ1v) is 14.0. The quantitative estimate of drug-likeness (QED) is 0.0950. The highest BCUT2D eigenvalue weighted by Gasteiger charge is 2.47. The second-order valence-corrected chi connectivity index (χ2v) is 11.6. The lowest BCUT2D eigenvalue weighted by molar-refractivity contribution is -0.144. The van der Waals surface area contributed by atoms with E-state index < -0.39 is 17.1 Å². The molecule has 0 fully saturated rings. The first kappa shape index (κ1) is 34.5. The molecule has 0 N–H and O–H groups in total. The van der Waals surface area contributed by atoms with Crippen molar-refractivity contribution >= 4 is 12.2 Å². The van der Waals surface area contributed by atoms with Crippen LogP contribution in [-0.4, -0.2) is 48.1 Å². The molecule has 0 aliphatic carbocycles. The van der Waals surface area contributed by atoms with Gasteiger partial charge in [-0.2, -0.15) is 0 Å². The summed E-state index contributed by atoms with van der Waals surface area (Å²) in [4.78, 5) is 27.1. The van der Waals surface area contributed by atoms with E-state index in [9.17, 15) is 14.0 Å². The van der Waals surface area contributed by atoms with E-state index in [0.29, 0.717) is 24.8 Å². The van der Waals surface area contributed by atoms with Crippen LogP contribution in [0.2, 0.25) is 0 Å². The average Bonchev–Trinajstić information content (AvgIpc) is 2.81. The van der Waals surface area contributed by atoms with Crippen molar-refractivity contribution in [1.29, 1.82) is 0 Å². The summed E-state index contributed by atoms with van der Waals surface area (Å²) in [7, 11) is 1.69. The highest BCUT2D eigenvalue weighted by atomic mass is 19.1. The number of unbranched alkanes of at least 4 members (excludes halogenated alkanes) is 2. The molecular weight excluding hydrogens is 453 g/mol. The second-order valence-electron chi connectivity index (χ2n) is 11.6. The van der Waals surface area contributed by atoms with Crippen LogP contribution < -0.4 is 0 Å². The van der Waals surface area contributed by atoms with Crippen LogP contribution in [0.4, 0.5) is 4.39 Å². The molecule has 36 heavy (non-hydrogen) atoms. The molecule has 6 atom stereocenters. The van der Waals surface area contributed by atoms with Crippen molar-refractivity contribution in [3.63, 3.8) is 0 Å². The van der Waals surface area contributed by atoms with Crippen molar-refractivity contribution in [2.24, 2.45) is 23.7 Å². The van der Waals surface area contributed by atoms with Gasteiger partial charge in [0.25, 0.3) is 0 Å². The molecule has 0 aromatic carbocycles. The summed E-state index contributed by atoms with van der Waals surface area (Å²) in [5.74, 6) is 0.323. The van der Waals surface area contributed by atoms with Gasteiger partial charge in [0.15, 0.2) is 11.5 Å². The van der Waals surface area contributed by atoms with Crippen molar-refractivity contribution in [2.45, 2.75) is 125 Å². The number of methoxy groups -OCH3 is 1. The van der Waals surface area contributed by atoms with Gasteiger partial charge in [-0.3, -0.25) is 9.59 Å². The molecule has 0 heterocycles. The largest absolute Gasteiger partial charge is 0.376 e. The number of rotatable bonds is 20. The SMILES string of the molecule is C=C(C(C)CC(C)C)C(C)C(N(C=O)CCCCC)C(C)(OC)C(CC)CCC(=O)C(C)(F)C(=C)C. The van der Waals surface area contributed by atoms with E-state index in [1.165, 1.54) is 6.92 Å². The fraction of sp³-hybridized carbons (Fsp3) is 0.806. The number of alkyl halides is 1. The van der Waals surface area contributed by atoms with E-state index in [1.807, 2.05) is 4.90 Å². The zero-order valence-corrected chi connectivity index (χ0v) is 25.1. The summed E-state index contributed by atoms with van der Waals surface area (Å²) in [6.45, 7) is 26.7. The van der Waals surface area contributed by atoms with Gasteiger partial charge in [-0.15, -0.1) is 0 Å². The zero-order valence-electron chi connectivity index (χ0n) is 25.1. The molecule has 0 saturated heterocycles. The summed E-state index contributed by atoms with van der Waals surface area (Å²) in [5, 5.41) is 0. The van der Waals surface area contributed by atoms with Crippen LogP contribution >= 0.6 is 0 Å². The van der Waals surface area contributed by atoms with Crippen LogP contribution in [0.25, 0.3) is 0 Å². The number of nitrogens with zero attached hydrogens (tertiary/aromatic N) is 1. The third-order valence-corrected chi connectivity index (χ3v) is 8.40. The standard InChI is InChI=1S/C31H56FNO3/c1-13-15-16-19-33(21-34)29(26(9)25(8)24(7)20-22(3)4)31(11,36-12)27(14-2)17-18-28(35)30(10,32)23(5)6/h21-22,24,26-27,29H,5,8,13-20H2,1-4,6-7,9-12H3. The van der Waals surface area contributed by atoms with E-state index in [0.717, 1.165) is 44.1 Å². The number of Topliss-reactive ketones (excluding diaryl/α,β-unsaturated/α-hetero) is 1. The Bertz CT molecular complexity index is 717. The Hall–Kier alpha value is -1.49. The first-order valence-electron chi connectivity index (χ1n) is 14.0. The van der Waals surface area contributed by atoms with Gasteiger partial charge in [0.1, 0.15) is 0 Å². The molecule has 0 spiro atoms. The molecule has 0 radical (unpaired) electrons. The molecule has 0 aliphatic rings. The normalized spacial score (nSPS) is 18.4. The van der Waals surface area contributed by atoms with Crippen molar-refractivity contribution < 1.29 is 18.7 Å². The molecule has 0 aromatic heterocycles. The minimum atomic E-state index is -2.04. The Morgan fingerprint density at radius 2 is 1.69 bits per heavy atom. The molecule has 210 valence electrons. The van der Waals surface area contributed by atoms with Crippen molar-refractivity contribution in [3.05, 3.63) is 24.3 Å². The molecule has 6 unspecified atom stereocenters. The monoisotopic (exact) mass is 509 g/mol. The van der Waals surface area contributed by atoms with E-state index in [4.69, 9.17) is 4.74 Å². The molecule has 4 nitrogen and oxygen atoms in total. The maximum absolute atomic E-state index is 14.9. The third kappa shape index (κ3) is 9.11. The Balaban J connectivity index is 6.32. The topological polar surface area (TPSA) is 46.6 Å². The van der Waals surface area contributed by atoms with Gasteiger partial charge in [0.2, 0.25) is 6.41 Å². The van der Waals surface area contributed by atoms with Gasteiger partial charge < -0.3 is 9.64 Å². The van der Waals surface area contributed by atoms with E-state index in [2.05, 4.69) is 61.6 Å². The second kappa shape index (κ2) is 15.7. The predicted molar refractivity (Wildman–Crippen MR) is 151 cm³/mol. The van der Waals surface area contributed by atoms with Crippen LogP contribution in [0.15, 0.2) is 24.3 Å². The molecular formula is C31H56FNO3. The number of carbonyl (C=O) groups excluding carboxylic acids is 2. The van der Waals surface area contributed by atoms with E-state index in [1.54, 1.807) is 14.0 Å². The predicted octanol–water partition coefficient (Wildman–Crippen LogP) is 7.96. The third-order valence-electron chi connectivity index (χ3n) is 8.40. The summed E-state index contributed by atoms with van der Waals surface area (Å²) in [5.41, 5.74) is -1.44. The van der Waals surface area contributed by atoms with Gasteiger partial charge in [-0.05, 0) is 63.4 Å². The average molecular weight is 510 g/mol. The van der Waals surface area contributed by atoms with Crippen LogP contribution in [-0.2, 0) is 14.3 Å². The van der Waals surface area contributed by atoms with Gasteiger partial charge in [0, 0.05) is 26.0 Å². The van der Waals surface area contributed by atoms with Crippen LogP contribution in [0.1, 0.15) is 107 Å². The number of hydrogen-bond donors (Lipinski definition) is 0. The lowest BCUT2D eigenvalue weighted by atomic mass is 9.69. The number of ether oxygens (including phenoxy) is 1. The summed E-state index contributed by atoms with van der Waals surface area (Å²) < 4.78 is 21.2. The van der Waals surface area contributed by atoms with Crippen molar-refractivity contribution in [1.82, 2.24) is 4.90 Å². The van der Waals surface area contributed by atoms with Crippen LogP contribution in [0, 0.1) is 23.7 Å². The molecule has 1 amide bonds. The molecule has 5 heteroatoms. The lowest BCUT2D eigenvalue weighted by Crippen LogP contribution is -2.59. The lowest BCUT2D eigenvalue weighted by Gasteiger charge is -2.50. The Morgan fingerprint density at radius 3 is 2.11 bits per heavy atom. The van der Waals surface area contributed by atoms with Gasteiger partial charge in [0.05, 0.1) is 11.6 Å². The van der Waals surface area contributed by atoms with E-state index in [-0.39, 0.29) is 29.9 Å². The van der Waals surface area contributed by atoms with Crippen LogP contribution in [0.3, 0.4) is 0 Å². The number of amides is 1. The fourth-order valence-corrected chi connectivity index (χ4v) is 5.63. The Morgan fingerprint density at radius 1 is 1.11 bits per heavy atom. The van der Waals surface area contributed by atoms with Gasteiger partial charge in [-0.25, -0.2) is 4.39 Å². The summed E-state index contributed by atoms with van der Waals surface area (Å²) >= 11 is 0. The minimum Gasteiger partial charge on any atom is -0.376 e. The molecule has 0 rings (SSSR count). The fourth-order valence-electron chi connectivity index (χ4n) is 5.63. The molecule has 0 aliphatic heterocycles. The zero-order chi connectivity index (χ0) is 28.3. The molecule has 0 saturated carbocycles. The number of carbonyl (C=O) groups is 2. The molecule has 0 aromatic rings. The number of hydrogen-bond acceptors (Lipinski definition) is 3. The Labute approximate surface area is 222 Å². The number of halogens is 1. The summed E-state index contributed by atoms with van der Waals surface area (Å²) in [6, 6.07) is -0.253. The maximum atomic E-state index is 14.9. The van der Waals surface area contributed by atoms with Crippen molar-refractivity contribution in [2.75, 3.05) is 13.7 Å². The number of ketones is 1. The number of allylic oxidation sites excluding steroid dienone is 1. The molecule has 0 bridgehead atoms. The van der Waals surface area contributed by atoms with E-state index >= 15 is 0 Å². The summed E-state index contributed by atoms with van der Waals surface area (Å²) in [6.07, 6.45) is 6.32. The highest BCUT2D eigenvalue weighted by molar-refractivity contribution is 5.89. The first-order chi connectivity index (χ1) is 16.6. The highest BCUT2D eigenvalue weighted by Crippen LogP contribution is 2.41. The smallest absolute Gasteiger partial charge is 0.210 e. The van der Waals surface area contributed by atoms with Gasteiger partial charge in [-0.1, -0.05) is 79.5 Å². The maximum Gasteiger partial charge on any atom is 0.210 e. The van der Waals surface area contributed by atoms with Crippen molar-refractivity contribution in [3.8, 4) is 0 Å². The van der Waals surface area contributed by atoms with Gasteiger partial charge >= 0.3 is 0 Å². The Kier molecular flexibility index (Phi) is 15.0. The van der Waals surface area contributed by atoms with Crippen LogP contribution in [0.5, 0.6) is 0 Å².